The van der Waals surface area contributed by atoms with Gasteiger partial charge in [-0.1, -0.05) is 49.2 Å². The predicted octanol–water partition coefficient (Wildman–Crippen LogP) is 5.36. The van der Waals surface area contributed by atoms with Crippen LogP contribution < -0.4 is 5.32 Å². The summed E-state index contributed by atoms with van der Waals surface area (Å²) >= 11 is 3.00. The van der Waals surface area contributed by atoms with Crippen molar-refractivity contribution in [3.8, 4) is 0 Å². The van der Waals surface area contributed by atoms with Crippen molar-refractivity contribution in [3.63, 3.8) is 0 Å². The number of rotatable bonds is 7. The first kappa shape index (κ1) is 20.1. The molecule has 0 atom stereocenters. The van der Waals surface area contributed by atoms with E-state index in [1.54, 1.807) is 0 Å². The van der Waals surface area contributed by atoms with Crippen LogP contribution in [0, 0.1) is 6.92 Å². The van der Waals surface area contributed by atoms with Crippen LogP contribution in [0.15, 0.2) is 39.3 Å². The highest BCUT2D eigenvalue weighted by Gasteiger charge is 2.21. The van der Waals surface area contributed by atoms with Crippen LogP contribution in [0.5, 0.6) is 0 Å². The monoisotopic (exact) mass is 428 g/mol. The van der Waals surface area contributed by atoms with E-state index in [0.29, 0.717) is 16.9 Å². The second-order valence-electron chi connectivity index (χ2n) is 7.30. The lowest BCUT2D eigenvalue weighted by molar-refractivity contribution is -0.115. The number of hydrogen-bond acceptors (Lipinski definition) is 7. The average Bonchev–Trinajstić information content (AvgIpc) is 3.38. The molecule has 1 aliphatic rings. The van der Waals surface area contributed by atoms with Crippen LogP contribution >= 0.6 is 23.1 Å². The number of aryl methyl sites for hydroxylation is 1. The molecule has 1 N–H and O–H groups in total. The van der Waals surface area contributed by atoms with Crippen molar-refractivity contribution in [3.05, 3.63) is 51.8 Å². The number of thioether (sulfide) groups is 1. The molecule has 0 unspecified atom stereocenters. The van der Waals surface area contributed by atoms with Crippen LogP contribution in [-0.4, -0.2) is 21.1 Å². The molecule has 0 saturated heterocycles. The standard InChI is InChI=1S/C21H24N4O2S2/c1-14-7-5-6-10-17(14)23-18(26)11-19-22-16(12-28-19)13-29-21-25-24-20(27-21)15-8-3-2-4-9-15/h5-7,10,12,15H,2-4,8-9,11,13H2,1H3,(H,23,26). The van der Waals surface area contributed by atoms with Crippen molar-refractivity contribution in [2.24, 2.45) is 0 Å². The van der Waals surface area contributed by atoms with Crippen LogP contribution in [0.1, 0.15) is 60.2 Å². The number of nitrogens with one attached hydrogen (secondary N) is 1. The van der Waals surface area contributed by atoms with Crippen LogP contribution in [0.3, 0.4) is 0 Å². The molecule has 0 bridgehead atoms. The van der Waals surface area contributed by atoms with Gasteiger partial charge in [0.15, 0.2) is 0 Å². The molecule has 2 heterocycles. The Kier molecular flexibility index (Phi) is 6.61. The first-order valence-corrected chi connectivity index (χ1v) is 11.8. The summed E-state index contributed by atoms with van der Waals surface area (Å²) in [6.45, 7) is 1.98. The van der Waals surface area contributed by atoms with E-state index in [-0.39, 0.29) is 12.3 Å². The van der Waals surface area contributed by atoms with Gasteiger partial charge in [0, 0.05) is 22.7 Å². The van der Waals surface area contributed by atoms with E-state index in [1.807, 2.05) is 36.6 Å². The van der Waals surface area contributed by atoms with E-state index < -0.39 is 0 Å². The fourth-order valence-corrected chi connectivity index (χ4v) is 5.03. The fourth-order valence-electron chi connectivity index (χ4n) is 3.47. The number of aromatic nitrogens is 3. The van der Waals surface area contributed by atoms with Gasteiger partial charge in [-0.15, -0.1) is 21.5 Å². The molecule has 152 valence electrons. The molecule has 1 aromatic carbocycles. The van der Waals surface area contributed by atoms with Crippen molar-refractivity contribution < 1.29 is 9.21 Å². The summed E-state index contributed by atoms with van der Waals surface area (Å²) in [6, 6.07) is 7.75. The zero-order valence-electron chi connectivity index (χ0n) is 16.4. The highest BCUT2D eigenvalue weighted by atomic mass is 32.2. The number of para-hydroxylation sites is 1. The number of carbonyl (C=O) groups excluding carboxylic acids is 1. The van der Waals surface area contributed by atoms with Crippen molar-refractivity contribution in [1.82, 2.24) is 15.2 Å². The highest BCUT2D eigenvalue weighted by Crippen LogP contribution is 2.33. The lowest BCUT2D eigenvalue weighted by atomic mass is 9.89. The van der Waals surface area contributed by atoms with E-state index in [9.17, 15) is 4.79 Å². The van der Waals surface area contributed by atoms with Gasteiger partial charge in [-0.3, -0.25) is 4.79 Å². The van der Waals surface area contributed by atoms with Gasteiger partial charge in [0.2, 0.25) is 11.8 Å². The Bertz CT molecular complexity index is 963. The van der Waals surface area contributed by atoms with Gasteiger partial charge >= 0.3 is 0 Å². The summed E-state index contributed by atoms with van der Waals surface area (Å²) < 4.78 is 5.85. The Hall–Kier alpha value is -2.19. The van der Waals surface area contributed by atoms with E-state index in [2.05, 4.69) is 20.5 Å². The molecule has 0 aliphatic heterocycles. The molecule has 8 heteroatoms. The fraction of sp³-hybridized carbons (Fsp3) is 0.429. The molecule has 1 saturated carbocycles. The summed E-state index contributed by atoms with van der Waals surface area (Å²) in [7, 11) is 0. The van der Waals surface area contributed by atoms with E-state index in [0.717, 1.165) is 40.7 Å². The maximum absolute atomic E-state index is 12.3. The molecule has 6 nitrogen and oxygen atoms in total. The van der Waals surface area contributed by atoms with E-state index >= 15 is 0 Å². The Balaban J connectivity index is 1.27. The summed E-state index contributed by atoms with van der Waals surface area (Å²) in [5.74, 6) is 1.80. The number of nitrogens with zero attached hydrogens (tertiary/aromatic N) is 3. The first-order chi connectivity index (χ1) is 14.2. The number of benzene rings is 1. The second-order valence-corrected chi connectivity index (χ2v) is 9.17. The average molecular weight is 429 g/mol. The molecule has 0 spiro atoms. The molecule has 2 aromatic heterocycles. The number of amides is 1. The summed E-state index contributed by atoms with van der Waals surface area (Å²) in [6.07, 6.45) is 6.36. The number of carbonyl (C=O) groups is 1. The SMILES string of the molecule is Cc1ccccc1NC(=O)Cc1nc(CSc2nnc(C3CCCCC3)o2)cs1. The molecule has 0 radical (unpaired) electrons. The lowest BCUT2D eigenvalue weighted by Gasteiger charge is -2.17. The first-order valence-electron chi connectivity index (χ1n) is 9.92. The zero-order valence-corrected chi connectivity index (χ0v) is 18.0. The maximum Gasteiger partial charge on any atom is 0.276 e. The largest absolute Gasteiger partial charge is 0.416 e. The lowest BCUT2D eigenvalue weighted by Crippen LogP contribution is -2.15. The van der Waals surface area contributed by atoms with Crippen LogP contribution in [0.4, 0.5) is 5.69 Å². The second kappa shape index (κ2) is 9.54. The van der Waals surface area contributed by atoms with Gasteiger partial charge in [0.25, 0.3) is 5.22 Å². The molecule has 29 heavy (non-hydrogen) atoms. The van der Waals surface area contributed by atoms with Crippen molar-refractivity contribution >= 4 is 34.7 Å². The third-order valence-electron chi connectivity index (χ3n) is 5.05. The van der Waals surface area contributed by atoms with Gasteiger partial charge < -0.3 is 9.73 Å². The summed E-state index contributed by atoms with van der Waals surface area (Å²) in [4.78, 5) is 16.9. The Morgan fingerprint density at radius 2 is 2.07 bits per heavy atom. The molecule has 3 aromatic rings. The van der Waals surface area contributed by atoms with E-state index in [4.69, 9.17) is 4.42 Å². The smallest absolute Gasteiger partial charge is 0.276 e. The summed E-state index contributed by atoms with van der Waals surface area (Å²) in [5, 5.41) is 14.7. The quantitative estimate of drug-likeness (QED) is 0.511. The number of hydrogen-bond donors (Lipinski definition) is 1. The minimum atomic E-state index is -0.0538. The predicted molar refractivity (Wildman–Crippen MR) is 115 cm³/mol. The molecular weight excluding hydrogens is 404 g/mol. The number of thiazole rings is 1. The van der Waals surface area contributed by atoms with Crippen LogP contribution in [0.2, 0.25) is 0 Å². The van der Waals surface area contributed by atoms with Crippen LogP contribution in [-0.2, 0) is 17.0 Å². The third-order valence-corrected chi connectivity index (χ3v) is 6.80. The van der Waals surface area contributed by atoms with Crippen molar-refractivity contribution in [1.29, 1.82) is 0 Å². The van der Waals surface area contributed by atoms with Gasteiger partial charge in [-0.2, -0.15) is 0 Å². The Morgan fingerprint density at radius 1 is 1.24 bits per heavy atom. The Labute approximate surface area is 178 Å². The molecule has 1 amide bonds. The topological polar surface area (TPSA) is 80.9 Å². The zero-order chi connectivity index (χ0) is 20.1. The van der Waals surface area contributed by atoms with Gasteiger partial charge in [-0.05, 0) is 31.4 Å². The van der Waals surface area contributed by atoms with E-state index in [1.165, 1.54) is 42.4 Å². The van der Waals surface area contributed by atoms with Crippen molar-refractivity contribution in [2.45, 2.75) is 62.3 Å². The molecular formula is C21H24N4O2S2. The number of anilines is 1. The highest BCUT2D eigenvalue weighted by molar-refractivity contribution is 7.98. The minimum absolute atomic E-state index is 0.0538. The van der Waals surface area contributed by atoms with Crippen LogP contribution in [0.25, 0.3) is 0 Å². The Morgan fingerprint density at radius 3 is 2.90 bits per heavy atom. The van der Waals surface area contributed by atoms with Crippen molar-refractivity contribution in [2.75, 3.05) is 5.32 Å². The van der Waals surface area contributed by atoms with Gasteiger partial charge in [0.1, 0.15) is 5.01 Å². The van der Waals surface area contributed by atoms with Gasteiger partial charge in [0.05, 0.1) is 12.1 Å². The third kappa shape index (κ3) is 5.45. The molecule has 1 fully saturated rings. The maximum atomic E-state index is 12.3. The molecule has 4 rings (SSSR count). The van der Waals surface area contributed by atoms with Gasteiger partial charge in [-0.25, -0.2) is 4.98 Å². The normalized spacial score (nSPS) is 14.8. The summed E-state index contributed by atoms with van der Waals surface area (Å²) in [5.41, 5.74) is 2.82. The minimum Gasteiger partial charge on any atom is -0.416 e. The molecule has 1 aliphatic carbocycles.